The molecule has 0 radical (unpaired) electrons. The normalized spacial score (nSPS) is 10.5. The lowest BCUT2D eigenvalue weighted by Crippen LogP contribution is -2.01. The third kappa shape index (κ3) is 2.20. The molecular weight excluding hydrogens is 290 g/mol. The Hall–Kier alpha value is -1.73. The van der Waals surface area contributed by atoms with E-state index in [-0.39, 0.29) is 12.3 Å². The zero-order chi connectivity index (χ0) is 12.4. The van der Waals surface area contributed by atoms with Crippen LogP contribution in [0.5, 0.6) is 0 Å². The molecular formula is C10H8BrN3O3. The summed E-state index contributed by atoms with van der Waals surface area (Å²) in [5, 5.41) is 23.9. The zero-order valence-electron chi connectivity index (χ0n) is 8.58. The fraction of sp³-hybridized carbons (Fsp3) is 0.100. The Labute approximate surface area is 105 Å². The minimum atomic E-state index is -0.469. The number of hydrogen-bond acceptors (Lipinski definition) is 4. The van der Waals surface area contributed by atoms with E-state index in [0.717, 1.165) is 0 Å². The van der Waals surface area contributed by atoms with Crippen molar-refractivity contribution >= 4 is 21.6 Å². The highest BCUT2D eigenvalue weighted by molar-refractivity contribution is 9.10. The van der Waals surface area contributed by atoms with Gasteiger partial charge in [0.2, 0.25) is 0 Å². The van der Waals surface area contributed by atoms with Crippen molar-refractivity contribution in [2.24, 2.45) is 0 Å². The Morgan fingerprint density at radius 2 is 2.18 bits per heavy atom. The molecule has 0 aliphatic carbocycles. The molecule has 0 atom stereocenters. The number of nitrogens with zero attached hydrogens (tertiary/aromatic N) is 3. The highest BCUT2D eigenvalue weighted by atomic mass is 79.9. The maximum Gasteiger partial charge on any atom is 0.294 e. The van der Waals surface area contributed by atoms with Crippen LogP contribution in [-0.4, -0.2) is 19.8 Å². The molecule has 6 nitrogen and oxygen atoms in total. The van der Waals surface area contributed by atoms with Crippen LogP contribution in [0.4, 0.5) is 5.69 Å². The molecule has 88 valence electrons. The van der Waals surface area contributed by atoms with Crippen molar-refractivity contribution in [1.82, 2.24) is 9.78 Å². The molecule has 7 heteroatoms. The molecule has 0 aliphatic rings. The van der Waals surface area contributed by atoms with Crippen molar-refractivity contribution in [3.8, 4) is 5.69 Å². The van der Waals surface area contributed by atoms with Crippen molar-refractivity contribution in [3.63, 3.8) is 0 Å². The van der Waals surface area contributed by atoms with Crippen LogP contribution < -0.4 is 0 Å². The van der Waals surface area contributed by atoms with Gasteiger partial charge in [-0.3, -0.25) is 10.1 Å². The third-order valence-electron chi connectivity index (χ3n) is 2.21. The molecule has 2 aromatic rings. The van der Waals surface area contributed by atoms with Crippen LogP contribution in [0.2, 0.25) is 0 Å². The van der Waals surface area contributed by atoms with Crippen LogP contribution in [0.3, 0.4) is 0 Å². The van der Waals surface area contributed by atoms with Gasteiger partial charge in [0.05, 0.1) is 16.0 Å². The fourth-order valence-corrected chi connectivity index (χ4v) is 1.83. The molecule has 0 saturated heterocycles. The van der Waals surface area contributed by atoms with E-state index in [1.165, 1.54) is 10.7 Å². The van der Waals surface area contributed by atoms with E-state index in [1.54, 1.807) is 24.4 Å². The molecule has 1 aromatic carbocycles. The van der Waals surface area contributed by atoms with Gasteiger partial charge >= 0.3 is 0 Å². The second kappa shape index (κ2) is 4.64. The summed E-state index contributed by atoms with van der Waals surface area (Å²) < 4.78 is 1.98. The van der Waals surface area contributed by atoms with Gasteiger partial charge in [-0.25, -0.2) is 4.68 Å². The minimum absolute atomic E-state index is 0.0352. The number of rotatable bonds is 3. The summed E-state index contributed by atoms with van der Waals surface area (Å²) in [6.07, 6.45) is 1.58. The summed E-state index contributed by atoms with van der Waals surface area (Å²) in [4.78, 5) is 10.4. The van der Waals surface area contributed by atoms with E-state index in [1.807, 2.05) is 0 Å². The van der Waals surface area contributed by atoms with E-state index in [0.29, 0.717) is 15.9 Å². The summed E-state index contributed by atoms with van der Waals surface area (Å²) in [5.41, 5.74) is 0.757. The van der Waals surface area contributed by atoms with Gasteiger partial charge in [0.15, 0.2) is 0 Å². The van der Waals surface area contributed by atoms with Gasteiger partial charge < -0.3 is 5.11 Å². The summed E-state index contributed by atoms with van der Waals surface area (Å²) in [6, 6.07) is 6.28. The average Bonchev–Trinajstić information content (AvgIpc) is 2.70. The number of benzene rings is 1. The standard InChI is InChI=1S/C10H8BrN3O3/c11-7-5-13(12-8(7)6-15)9-3-1-2-4-10(9)14(16)17/h1-5,15H,6H2. The second-order valence-corrected chi connectivity index (χ2v) is 4.13. The molecule has 2 rings (SSSR count). The van der Waals surface area contributed by atoms with Crippen molar-refractivity contribution in [2.75, 3.05) is 0 Å². The minimum Gasteiger partial charge on any atom is -0.390 e. The number of aliphatic hydroxyl groups excluding tert-OH is 1. The van der Waals surface area contributed by atoms with Crippen molar-refractivity contribution in [1.29, 1.82) is 0 Å². The number of nitro benzene ring substituents is 1. The lowest BCUT2D eigenvalue weighted by molar-refractivity contribution is -0.384. The lowest BCUT2D eigenvalue weighted by atomic mass is 10.3. The molecule has 0 amide bonds. The summed E-state index contributed by atoms with van der Waals surface area (Å²) in [7, 11) is 0. The van der Waals surface area contributed by atoms with E-state index in [9.17, 15) is 10.1 Å². The molecule has 1 N–H and O–H groups in total. The van der Waals surface area contributed by atoms with Gasteiger partial charge in [0.1, 0.15) is 11.4 Å². The topological polar surface area (TPSA) is 81.2 Å². The van der Waals surface area contributed by atoms with Crippen molar-refractivity contribution < 1.29 is 10.0 Å². The summed E-state index contributed by atoms with van der Waals surface area (Å²) in [5.74, 6) is 0. The Kier molecular flexibility index (Phi) is 3.21. The first-order chi connectivity index (χ1) is 8.13. The van der Waals surface area contributed by atoms with Gasteiger partial charge in [-0.15, -0.1) is 0 Å². The van der Waals surface area contributed by atoms with E-state index >= 15 is 0 Å². The molecule has 17 heavy (non-hydrogen) atoms. The Bertz CT molecular complexity index is 568. The largest absolute Gasteiger partial charge is 0.390 e. The molecule has 0 fully saturated rings. The summed E-state index contributed by atoms with van der Waals surface area (Å²) in [6.45, 7) is -0.228. The van der Waals surface area contributed by atoms with E-state index in [2.05, 4.69) is 21.0 Å². The first kappa shape index (κ1) is 11.7. The monoisotopic (exact) mass is 297 g/mol. The van der Waals surface area contributed by atoms with Crippen molar-refractivity contribution in [3.05, 3.63) is 50.7 Å². The Balaban J connectivity index is 2.56. The Morgan fingerprint density at radius 3 is 2.76 bits per heavy atom. The van der Waals surface area contributed by atoms with Gasteiger partial charge in [-0.05, 0) is 22.0 Å². The van der Waals surface area contributed by atoms with Crippen molar-refractivity contribution in [2.45, 2.75) is 6.61 Å². The van der Waals surface area contributed by atoms with Gasteiger partial charge in [-0.2, -0.15) is 5.10 Å². The molecule has 0 bridgehead atoms. The van der Waals surface area contributed by atoms with E-state index < -0.39 is 4.92 Å². The average molecular weight is 298 g/mol. The molecule has 0 unspecified atom stereocenters. The number of nitro groups is 1. The maximum absolute atomic E-state index is 10.9. The summed E-state index contributed by atoms with van der Waals surface area (Å²) >= 11 is 3.22. The van der Waals surface area contributed by atoms with Crippen LogP contribution in [0.1, 0.15) is 5.69 Å². The van der Waals surface area contributed by atoms with Crippen LogP contribution in [-0.2, 0) is 6.61 Å². The molecule has 0 saturated carbocycles. The predicted octanol–water partition coefficient (Wildman–Crippen LogP) is 2.04. The predicted molar refractivity (Wildman–Crippen MR) is 63.8 cm³/mol. The third-order valence-corrected chi connectivity index (χ3v) is 2.88. The lowest BCUT2D eigenvalue weighted by Gasteiger charge is -2.01. The smallest absolute Gasteiger partial charge is 0.294 e. The van der Waals surface area contributed by atoms with Gasteiger partial charge in [0, 0.05) is 12.3 Å². The molecule has 1 heterocycles. The second-order valence-electron chi connectivity index (χ2n) is 3.27. The number of halogens is 1. The Morgan fingerprint density at radius 1 is 1.47 bits per heavy atom. The molecule has 1 aromatic heterocycles. The van der Waals surface area contributed by atoms with Gasteiger partial charge in [0.25, 0.3) is 5.69 Å². The fourth-order valence-electron chi connectivity index (χ4n) is 1.43. The number of aliphatic hydroxyl groups is 1. The zero-order valence-corrected chi connectivity index (χ0v) is 10.2. The molecule has 0 spiro atoms. The number of hydrogen-bond donors (Lipinski definition) is 1. The first-order valence-electron chi connectivity index (χ1n) is 4.72. The quantitative estimate of drug-likeness (QED) is 0.694. The van der Waals surface area contributed by atoms with Gasteiger partial charge in [-0.1, -0.05) is 12.1 Å². The van der Waals surface area contributed by atoms with Crippen LogP contribution in [0, 0.1) is 10.1 Å². The maximum atomic E-state index is 10.9. The first-order valence-corrected chi connectivity index (χ1v) is 5.51. The van der Waals surface area contributed by atoms with Crippen LogP contribution >= 0.6 is 15.9 Å². The van der Waals surface area contributed by atoms with E-state index in [4.69, 9.17) is 5.11 Å². The molecule has 0 aliphatic heterocycles. The number of aromatic nitrogens is 2. The highest BCUT2D eigenvalue weighted by Crippen LogP contribution is 2.24. The number of para-hydroxylation sites is 2. The van der Waals surface area contributed by atoms with Crippen LogP contribution in [0.25, 0.3) is 5.69 Å². The highest BCUT2D eigenvalue weighted by Gasteiger charge is 2.16. The van der Waals surface area contributed by atoms with Crippen LogP contribution in [0.15, 0.2) is 34.9 Å². The SMILES string of the molecule is O=[N+]([O-])c1ccccc1-n1cc(Br)c(CO)n1.